The summed E-state index contributed by atoms with van der Waals surface area (Å²) in [6, 6.07) is 3.37. The second-order valence-electron chi connectivity index (χ2n) is 4.65. The maximum Gasteiger partial charge on any atom is 0.320 e. The summed E-state index contributed by atoms with van der Waals surface area (Å²) in [6.45, 7) is 6.76. The molecule has 0 atom stereocenters. The molecule has 3 N–H and O–H groups in total. The molecule has 0 fully saturated rings. The van der Waals surface area contributed by atoms with Crippen LogP contribution in [0.4, 0.5) is 10.6 Å². The van der Waals surface area contributed by atoms with E-state index in [4.69, 9.17) is 0 Å². The third-order valence-corrected chi connectivity index (χ3v) is 2.55. The summed E-state index contributed by atoms with van der Waals surface area (Å²) >= 11 is 0. The highest BCUT2D eigenvalue weighted by Gasteiger charge is 2.05. The zero-order chi connectivity index (χ0) is 15.0. The van der Waals surface area contributed by atoms with Crippen molar-refractivity contribution >= 4 is 17.8 Å². The van der Waals surface area contributed by atoms with Gasteiger partial charge in [-0.1, -0.05) is 6.92 Å². The van der Waals surface area contributed by atoms with Crippen molar-refractivity contribution in [1.82, 2.24) is 15.6 Å². The van der Waals surface area contributed by atoms with Crippen LogP contribution in [0.5, 0.6) is 0 Å². The first-order valence-corrected chi connectivity index (χ1v) is 6.78. The van der Waals surface area contributed by atoms with Crippen molar-refractivity contribution in [2.24, 2.45) is 0 Å². The Labute approximate surface area is 119 Å². The van der Waals surface area contributed by atoms with E-state index >= 15 is 0 Å². The lowest BCUT2D eigenvalue weighted by molar-refractivity contribution is -0.120. The molecule has 1 rings (SSSR count). The first-order valence-electron chi connectivity index (χ1n) is 6.78. The molecule has 0 unspecified atom stereocenters. The molecular weight excluding hydrogens is 256 g/mol. The van der Waals surface area contributed by atoms with Gasteiger partial charge in [0.05, 0.1) is 0 Å². The fourth-order valence-corrected chi connectivity index (χ4v) is 1.71. The summed E-state index contributed by atoms with van der Waals surface area (Å²) in [6.07, 6.45) is 1.17. The smallest absolute Gasteiger partial charge is 0.320 e. The normalized spacial score (nSPS) is 9.95. The van der Waals surface area contributed by atoms with Gasteiger partial charge >= 0.3 is 6.03 Å². The summed E-state index contributed by atoms with van der Waals surface area (Å²) in [4.78, 5) is 27.2. The van der Waals surface area contributed by atoms with Crippen molar-refractivity contribution in [2.45, 2.75) is 33.6 Å². The Bertz CT molecular complexity index is 454. The molecule has 0 saturated carbocycles. The highest BCUT2D eigenvalue weighted by Crippen LogP contribution is 2.08. The number of anilines is 1. The first-order chi connectivity index (χ1) is 9.51. The van der Waals surface area contributed by atoms with E-state index in [-0.39, 0.29) is 18.4 Å². The molecule has 20 heavy (non-hydrogen) atoms. The van der Waals surface area contributed by atoms with Crippen molar-refractivity contribution < 1.29 is 9.59 Å². The van der Waals surface area contributed by atoms with Crippen LogP contribution in [0, 0.1) is 13.8 Å². The number of aromatic nitrogens is 1. The minimum absolute atomic E-state index is 0.0586. The van der Waals surface area contributed by atoms with Crippen LogP contribution < -0.4 is 16.0 Å². The monoisotopic (exact) mass is 278 g/mol. The molecule has 3 amide bonds. The van der Waals surface area contributed by atoms with E-state index in [0.29, 0.717) is 18.9 Å². The molecule has 6 heteroatoms. The number of urea groups is 1. The molecule has 110 valence electrons. The Morgan fingerprint density at radius 3 is 2.55 bits per heavy atom. The van der Waals surface area contributed by atoms with Gasteiger partial charge in [0, 0.05) is 25.2 Å². The number of aryl methyl sites for hydroxylation is 2. The summed E-state index contributed by atoms with van der Waals surface area (Å²) in [7, 11) is 0. The van der Waals surface area contributed by atoms with E-state index < -0.39 is 0 Å². The third kappa shape index (κ3) is 6.17. The van der Waals surface area contributed by atoms with Gasteiger partial charge in [0.15, 0.2) is 0 Å². The molecule has 1 heterocycles. The standard InChI is InChI=1S/C14H22N4O2/c1-4-6-15-13(19)5-7-16-14(20)18-12-9-10(2)8-11(3)17-12/h8-9H,4-7H2,1-3H3,(H,15,19)(H2,16,17,18,20). The lowest BCUT2D eigenvalue weighted by Crippen LogP contribution is -2.33. The molecule has 0 spiro atoms. The summed E-state index contributed by atoms with van der Waals surface area (Å²) in [5.74, 6) is 0.451. The lowest BCUT2D eigenvalue weighted by Gasteiger charge is -2.08. The molecule has 0 bridgehead atoms. The van der Waals surface area contributed by atoms with Crippen LogP contribution in [0.1, 0.15) is 31.0 Å². The van der Waals surface area contributed by atoms with E-state index in [9.17, 15) is 9.59 Å². The molecular formula is C14H22N4O2. The van der Waals surface area contributed by atoms with Gasteiger partial charge < -0.3 is 10.6 Å². The molecule has 0 saturated heterocycles. The van der Waals surface area contributed by atoms with Crippen LogP contribution >= 0.6 is 0 Å². The van der Waals surface area contributed by atoms with E-state index in [1.54, 1.807) is 6.07 Å². The van der Waals surface area contributed by atoms with Crippen LogP contribution in [-0.2, 0) is 4.79 Å². The molecule has 0 aliphatic heterocycles. The summed E-state index contributed by atoms with van der Waals surface area (Å²) in [5, 5.41) is 8.02. The van der Waals surface area contributed by atoms with Crippen molar-refractivity contribution in [3.8, 4) is 0 Å². The zero-order valence-corrected chi connectivity index (χ0v) is 12.2. The maximum absolute atomic E-state index is 11.6. The third-order valence-electron chi connectivity index (χ3n) is 2.55. The predicted molar refractivity (Wildman–Crippen MR) is 78.7 cm³/mol. The second kappa shape index (κ2) is 8.14. The van der Waals surface area contributed by atoms with Crippen LogP contribution in [0.25, 0.3) is 0 Å². The van der Waals surface area contributed by atoms with Crippen molar-refractivity contribution in [3.05, 3.63) is 23.4 Å². The molecule has 0 radical (unpaired) electrons. The van der Waals surface area contributed by atoms with Crippen LogP contribution in [0.3, 0.4) is 0 Å². The summed E-state index contributed by atoms with van der Waals surface area (Å²) in [5.41, 5.74) is 1.88. The van der Waals surface area contributed by atoms with Gasteiger partial charge in [-0.25, -0.2) is 9.78 Å². The van der Waals surface area contributed by atoms with Crippen molar-refractivity contribution in [1.29, 1.82) is 0 Å². The van der Waals surface area contributed by atoms with Gasteiger partial charge in [-0.05, 0) is 38.0 Å². The van der Waals surface area contributed by atoms with Gasteiger partial charge in [0.2, 0.25) is 5.91 Å². The minimum atomic E-state index is -0.356. The van der Waals surface area contributed by atoms with Gasteiger partial charge in [-0.15, -0.1) is 0 Å². The fourth-order valence-electron chi connectivity index (χ4n) is 1.71. The topological polar surface area (TPSA) is 83.1 Å². The molecule has 6 nitrogen and oxygen atoms in total. The molecule has 0 aromatic carbocycles. The van der Waals surface area contributed by atoms with E-state index in [2.05, 4.69) is 20.9 Å². The zero-order valence-electron chi connectivity index (χ0n) is 12.2. The Balaban J connectivity index is 2.31. The second-order valence-corrected chi connectivity index (χ2v) is 4.65. The number of carbonyl (C=O) groups is 2. The number of hydrogen-bond donors (Lipinski definition) is 3. The number of nitrogens with one attached hydrogen (secondary N) is 3. The lowest BCUT2D eigenvalue weighted by atomic mass is 10.2. The molecule has 0 aliphatic rings. The number of amides is 3. The van der Waals surface area contributed by atoms with Gasteiger partial charge in [-0.2, -0.15) is 0 Å². The van der Waals surface area contributed by atoms with Gasteiger partial charge in [-0.3, -0.25) is 10.1 Å². The Morgan fingerprint density at radius 1 is 1.15 bits per heavy atom. The Kier molecular flexibility index (Phi) is 6.49. The van der Waals surface area contributed by atoms with E-state index in [1.165, 1.54) is 0 Å². The molecule has 0 aliphatic carbocycles. The van der Waals surface area contributed by atoms with Gasteiger partial charge in [0.1, 0.15) is 5.82 Å². The van der Waals surface area contributed by atoms with Crippen molar-refractivity contribution in [2.75, 3.05) is 18.4 Å². The van der Waals surface area contributed by atoms with E-state index in [1.807, 2.05) is 26.8 Å². The van der Waals surface area contributed by atoms with Gasteiger partial charge in [0.25, 0.3) is 0 Å². The molecule has 1 aromatic heterocycles. The highest BCUT2D eigenvalue weighted by atomic mass is 16.2. The maximum atomic E-state index is 11.6. The summed E-state index contributed by atoms with van der Waals surface area (Å²) < 4.78 is 0. The average Bonchev–Trinajstić information content (AvgIpc) is 2.35. The SMILES string of the molecule is CCCNC(=O)CCNC(=O)Nc1cc(C)cc(C)n1. The van der Waals surface area contributed by atoms with E-state index in [0.717, 1.165) is 17.7 Å². The fraction of sp³-hybridized carbons (Fsp3) is 0.500. The molecule has 1 aromatic rings. The Morgan fingerprint density at radius 2 is 1.90 bits per heavy atom. The predicted octanol–water partition coefficient (Wildman–Crippen LogP) is 1.74. The number of rotatable bonds is 6. The van der Waals surface area contributed by atoms with Crippen LogP contribution in [0.2, 0.25) is 0 Å². The number of pyridine rings is 1. The highest BCUT2D eigenvalue weighted by molar-refractivity contribution is 5.88. The van der Waals surface area contributed by atoms with Crippen LogP contribution in [0.15, 0.2) is 12.1 Å². The van der Waals surface area contributed by atoms with Crippen LogP contribution in [-0.4, -0.2) is 30.0 Å². The quantitative estimate of drug-likeness (QED) is 0.741. The average molecular weight is 278 g/mol. The number of nitrogens with zero attached hydrogens (tertiary/aromatic N) is 1. The Hall–Kier alpha value is -2.11. The minimum Gasteiger partial charge on any atom is -0.356 e. The first kappa shape index (κ1) is 15.9. The van der Waals surface area contributed by atoms with Crippen molar-refractivity contribution in [3.63, 3.8) is 0 Å². The largest absolute Gasteiger partial charge is 0.356 e. The number of hydrogen-bond acceptors (Lipinski definition) is 3. The number of carbonyl (C=O) groups excluding carboxylic acids is 2.